The van der Waals surface area contributed by atoms with E-state index in [0.717, 1.165) is 72.2 Å². The molecule has 0 aliphatic heterocycles. The van der Waals surface area contributed by atoms with Crippen molar-refractivity contribution in [2.75, 3.05) is 0 Å². The first-order chi connectivity index (χ1) is 26.8. The van der Waals surface area contributed by atoms with Crippen molar-refractivity contribution in [3.05, 3.63) is 176 Å². The van der Waals surface area contributed by atoms with Crippen LogP contribution in [0.3, 0.4) is 0 Å². The van der Waals surface area contributed by atoms with Crippen molar-refractivity contribution in [1.82, 2.24) is 23.5 Å². The third kappa shape index (κ3) is 4.52. The van der Waals surface area contributed by atoms with Crippen molar-refractivity contribution in [2.45, 2.75) is 0 Å². The average molecular weight is 885 g/mol. The molecule has 6 nitrogen and oxygen atoms in total. The topological polar surface area (TPSA) is 49.3 Å². The molecule has 5 heterocycles. The van der Waals surface area contributed by atoms with Crippen molar-refractivity contribution in [2.24, 2.45) is 0 Å². The molecule has 7 heteroatoms. The van der Waals surface area contributed by atoms with E-state index in [4.69, 9.17) is 9.72 Å². The third-order valence-electron chi connectivity index (χ3n) is 10.8. The van der Waals surface area contributed by atoms with Crippen LogP contribution < -0.4 is 4.74 Å². The Bertz CT molecular complexity index is 3310. The second-order valence-electron chi connectivity index (χ2n) is 13.6. The molecule has 0 atom stereocenters. The standard InChI is InChI=1S/C48H27N5O.Pt/c1-2-12-30(13-3-1)51-41-24-22-32(54-31-21-23-37-36-17-8-9-19-40(36)52(42(37)28-31)44-20-10-11-26-49-44)29-43(41)53-47-45-39(25-27-50-47)35-16-5-4-14-33(35)34-15-6-7-18-38(34)46(45)48(51)53;/h1-27H;/q-2;+2. The Balaban J connectivity index is 0.00000352. The minimum absolute atomic E-state index is 0. The summed E-state index contributed by atoms with van der Waals surface area (Å²) in [6, 6.07) is 60.0. The fraction of sp³-hybridized carbons (Fsp3) is 0. The number of para-hydroxylation sites is 2. The molecule has 0 saturated heterocycles. The Labute approximate surface area is 329 Å². The van der Waals surface area contributed by atoms with Crippen molar-refractivity contribution in [3.8, 4) is 56.4 Å². The molecule has 0 fully saturated rings. The molecule has 260 valence electrons. The minimum atomic E-state index is 0. The maximum Gasteiger partial charge on any atom is 2.00 e. The molecule has 0 radical (unpaired) electrons. The van der Waals surface area contributed by atoms with Gasteiger partial charge in [-0.1, -0.05) is 96.5 Å². The Morgan fingerprint density at radius 1 is 0.473 bits per heavy atom. The zero-order chi connectivity index (χ0) is 35.3. The molecule has 5 aromatic heterocycles. The predicted octanol–water partition coefficient (Wildman–Crippen LogP) is 11.6. The SMILES string of the molecule is [Pt+2].[c-]1c(Oc2[c-]c3c(cc2)n(-c2ccccc2)c2c4c5c(ccnc5n32)-c2ccccc2-c2ccccc2-4)ccc2c3ccccc3n(-c3ccccn3)c12. The van der Waals surface area contributed by atoms with E-state index < -0.39 is 0 Å². The fourth-order valence-corrected chi connectivity index (χ4v) is 8.58. The zero-order valence-corrected chi connectivity index (χ0v) is 31.3. The van der Waals surface area contributed by atoms with Crippen LogP contribution in [0.2, 0.25) is 0 Å². The van der Waals surface area contributed by atoms with Crippen LogP contribution in [0.5, 0.6) is 11.5 Å². The molecule has 0 bridgehead atoms. The van der Waals surface area contributed by atoms with E-state index in [-0.39, 0.29) is 21.1 Å². The van der Waals surface area contributed by atoms with Crippen LogP contribution in [0.25, 0.3) is 94.4 Å². The Morgan fingerprint density at radius 3 is 1.95 bits per heavy atom. The van der Waals surface area contributed by atoms with Gasteiger partial charge in [-0.05, 0) is 80.6 Å². The van der Waals surface area contributed by atoms with E-state index in [2.05, 4.69) is 152 Å². The molecular formula is C48H27N5OPt. The Hall–Kier alpha value is -6.75. The molecule has 12 rings (SSSR count). The van der Waals surface area contributed by atoms with E-state index in [0.29, 0.717) is 11.5 Å². The summed E-state index contributed by atoms with van der Waals surface area (Å²) in [5, 5.41) is 3.34. The maximum absolute atomic E-state index is 6.66. The predicted molar refractivity (Wildman–Crippen MR) is 216 cm³/mol. The summed E-state index contributed by atoms with van der Waals surface area (Å²) in [5.74, 6) is 2.01. The number of benzene rings is 6. The van der Waals surface area contributed by atoms with Gasteiger partial charge in [0.25, 0.3) is 0 Å². The van der Waals surface area contributed by atoms with E-state index in [1.165, 1.54) is 22.3 Å². The van der Waals surface area contributed by atoms with Gasteiger partial charge < -0.3 is 18.3 Å². The van der Waals surface area contributed by atoms with Crippen molar-refractivity contribution >= 4 is 49.5 Å². The summed E-state index contributed by atoms with van der Waals surface area (Å²) in [6.45, 7) is 0. The molecule has 11 aromatic rings. The van der Waals surface area contributed by atoms with Gasteiger partial charge in [-0.15, -0.1) is 35.7 Å². The Kier molecular flexibility index (Phi) is 7.01. The normalized spacial score (nSPS) is 11.9. The number of imidazole rings is 1. The second kappa shape index (κ2) is 12.1. The number of ether oxygens (including phenoxy) is 1. The first kappa shape index (κ1) is 31.7. The number of rotatable bonds is 4. The van der Waals surface area contributed by atoms with Gasteiger partial charge in [-0.2, -0.15) is 6.07 Å². The molecule has 0 saturated carbocycles. The van der Waals surface area contributed by atoms with Crippen molar-refractivity contribution < 1.29 is 25.8 Å². The van der Waals surface area contributed by atoms with E-state index >= 15 is 0 Å². The van der Waals surface area contributed by atoms with Crippen LogP contribution >= 0.6 is 0 Å². The first-order valence-electron chi connectivity index (χ1n) is 18.0. The van der Waals surface area contributed by atoms with Gasteiger partial charge in [0.2, 0.25) is 0 Å². The van der Waals surface area contributed by atoms with Crippen LogP contribution in [0.4, 0.5) is 0 Å². The number of pyridine rings is 2. The third-order valence-corrected chi connectivity index (χ3v) is 10.8. The molecule has 0 N–H and O–H groups in total. The number of nitrogens with zero attached hydrogens (tertiary/aromatic N) is 5. The van der Waals surface area contributed by atoms with E-state index in [9.17, 15) is 0 Å². The van der Waals surface area contributed by atoms with E-state index in [1.54, 1.807) is 0 Å². The van der Waals surface area contributed by atoms with Gasteiger partial charge >= 0.3 is 21.1 Å². The molecule has 0 unspecified atom stereocenters. The molecular weight excluding hydrogens is 858 g/mol. The van der Waals surface area contributed by atoms with Crippen LogP contribution in [0, 0.1) is 12.1 Å². The molecule has 0 spiro atoms. The van der Waals surface area contributed by atoms with Gasteiger partial charge in [0.1, 0.15) is 17.1 Å². The first-order valence-corrected chi connectivity index (χ1v) is 18.0. The Morgan fingerprint density at radius 2 is 1.15 bits per heavy atom. The molecule has 1 aliphatic carbocycles. The smallest absolute Gasteiger partial charge is 0.509 e. The molecule has 0 amide bonds. The van der Waals surface area contributed by atoms with Gasteiger partial charge in [-0.3, -0.25) is 0 Å². The van der Waals surface area contributed by atoms with Gasteiger partial charge in [0, 0.05) is 46.0 Å². The maximum atomic E-state index is 6.66. The van der Waals surface area contributed by atoms with Crippen molar-refractivity contribution in [3.63, 3.8) is 0 Å². The van der Waals surface area contributed by atoms with Gasteiger partial charge in [0.05, 0.1) is 0 Å². The van der Waals surface area contributed by atoms with E-state index in [1.807, 2.05) is 42.7 Å². The average Bonchev–Trinajstić information content (AvgIpc) is 3.83. The summed E-state index contributed by atoms with van der Waals surface area (Å²) in [7, 11) is 0. The summed E-state index contributed by atoms with van der Waals surface area (Å²) >= 11 is 0. The molecule has 1 aliphatic rings. The number of hydrogen-bond acceptors (Lipinski definition) is 3. The fourth-order valence-electron chi connectivity index (χ4n) is 8.58. The van der Waals surface area contributed by atoms with Crippen LogP contribution in [-0.2, 0) is 21.1 Å². The largest absolute Gasteiger partial charge is 2.00 e. The number of fused-ring (bicyclic) bond motifs is 13. The summed E-state index contributed by atoms with van der Waals surface area (Å²) in [4.78, 5) is 9.79. The molecule has 55 heavy (non-hydrogen) atoms. The summed E-state index contributed by atoms with van der Waals surface area (Å²) < 4.78 is 13.4. The monoisotopic (exact) mass is 884 g/mol. The van der Waals surface area contributed by atoms with Gasteiger partial charge in [0.15, 0.2) is 0 Å². The minimum Gasteiger partial charge on any atom is -0.509 e. The van der Waals surface area contributed by atoms with Crippen LogP contribution in [-0.4, -0.2) is 23.5 Å². The van der Waals surface area contributed by atoms with Crippen LogP contribution in [0.1, 0.15) is 0 Å². The summed E-state index contributed by atoms with van der Waals surface area (Å²) in [6.07, 6.45) is 3.74. The number of hydrogen-bond donors (Lipinski definition) is 0. The van der Waals surface area contributed by atoms with Gasteiger partial charge in [-0.25, -0.2) is 9.97 Å². The summed E-state index contributed by atoms with van der Waals surface area (Å²) in [5.41, 5.74) is 13.9. The quantitative estimate of drug-likeness (QED) is 0.165. The number of aromatic nitrogens is 5. The van der Waals surface area contributed by atoms with Crippen molar-refractivity contribution in [1.29, 1.82) is 0 Å². The van der Waals surface area contributed by atoms with Crippen LogP contribution in [0.15, 0.2) is 164 Å². The molecule has 6 aromatic carbocycles. The second-order valence-corrected chi connectivity index (χ2v) is 13.6. The zero-order valence-electron chi connectivity index (χ0n) is 29.0.